The second kappa shape index (κ2) is 19.3. The van der Waals surface area contributed by atoms with E-state index in [-0.39, 0.29) is 10.8 Å². The maximum atomic E-state index is 5.58. The van der Waals surface area contributed by atoms with E-state index in [0.29, 0.717) is 0 Å². The van der Waals surface area contributed by atoms with Gasteiger partial charge in [0.15, 0.2) is 0 Å². The van der Waals surface area contributed by atoms with Crippen LogP contribution < -0.4 is 0 Å². The first-order chi connectivity index (χ1) is 35.0. The molecule has 0 radical (unpaired) electrons. The van der Waals surface area contributed by atoms with Gasteiger partial charge in [-0.3, -0.25) is 9.13 Å². The Labute approximate surface area is 425 Å². The molecule has 0 aliphatic rings. The molecular weight excluding hydrogens is 873 g/mol. The first-order valence-corrected chi connectivity index (χ1v) is 25.5. The lowest BCUT2D eigenvalue weighted by Gasteiger charge is -2.29. The Hall–Kier alpha value is -8.08. The summed E-state index contributed by atoms with van der Waals surface area (Å²) < 4.78 is 4.89. The predicted molar refractivity (Wildman–Crippen MR) is 303 cm³/mol. The molecular formula is C68H62N4. The zero-order valence-electron chi connectivity index (χ0n) is 42.4. The van der Waals surface area contributed by atoms with Crippen molar-refractivity contribution in [3.63, 3.8) is 0 Å². The minimum atomic E-state index is -0.0336. The van der Waals surface area contributed by atoms with Crippen LogP contribution in [0.1, 0.15) is 63.3 Å². The molecule has 72 heavy (non-hydrogen) atoms. The lowest BCUT2D eigenvalue weighted by atomic mass is 9.79. The summed E-state index contributed by atoms with van der Waals surface area (Å²) in [4.78, 5) is 10.9. The van der Waals surface area contributed by atoms with Crippen LogP contribution in [0.2, 0.25) is 0 Å². The van der Waals surface area contributed by atoms with Crippen molar-refractivity contribution >= 4 is 22.1 Å². The first-order valence-electron chi connectivity index (χ1n) is 25.5. The number of nitrogens with zero attached hydrogens (tertiary/aromatic N) is 4. The quantitative estimate of drug-likeness (QED) is 0.115. The fourth-order valence-electron chi connectivity index (χ4n) is 10.7. The average Bonchev–Trinajstić information content (AvgIpc) is 3.96. The van der Waals surface area contributed by atoms with Gasteiger partial charge < -0.3 is 0 Å². The molecule has 0 aliphatic carbocycles. The summed E-state index contributed by atoms with van der Waals surface area (Å²) in [5, 5.41) is 0. The van der Waals surface area contributed by atoms with Crippen LogP contribution in [0, 0.1) is 17.8 Å². The van der Waals surface area contributed by atoms with Crippen LogP contribution in [0.15, 0.2) is 218 Å². The van der Waals surface area contributed by atoms with Crippen molar-refractivity contribution in [2.45, 2.75) is 67.2 Å². The highest BCUT2D eigenvalue weighted by atomic mass is 15.1. The van der Waals surface area contributed by atoms with Gasteiger partial charge in [-0.25, -0.2) is 9.97 Å². The monoisotopic (exact) mass is 934 g/mol. The Morgan fingerprint density at radius 2 is 0.833 bits per heavy atom. The van der Waals surface area contributed by atoms with Crippen LogP contribution in [0.25, 0.3) is 89.6 Å². The molecule has 11 aromatic rings. The minimum absolute atomic E-state index is 0.0336. The molecule has 11 rings (SSSR count). The number of benzene rings is 9. The van der Waals surface area contributed by atoms with E-state index in [1.54, 1.807) is 0 Å². The number of aryl methyl sites for hydroxylation is 2. The molecule has 0 unspecified atom stereocenters. The van der Waals surface area contributed by atoms with Gasteiger partial charge in [0.25, 0.3) is 0 Å². The van der Waals surface area contributed by atoms with Crippen LogP contribution in [0.5, 0.6) is 0 Å². The van der Waals surface area contributed by atoms with Crippen LogP contribution >= 0.6 is 0 Å². The Morgan fingerprint density at radius 1 is 0.389 bits per heavy atom. The molecule has 0 bridgehead atoms. The minimum Gasteiger partial charge on any atom is -0.292 e. The maximum absolute atomic E-state index is 5.58. The molecule has 0 saturated heterocycles. The molecule has 0 amide bonds. The maximum Gasteiger partial charge on any atom is 0.145 e. The van der Waals surface area contributed by atoms with Crippen LogP contribution in [0.4, 0.5) is 0 Å². The standard InChI is InChI=1S/C68H62N4/c1-47-35-37-61-59(41-47)69-65(52-29-18-10-19-30-52)71(61)63-54(45-67(2,3)4)33-22-34-55(63)46-68(5,6)40-39-48-36-38-62-60(42-48)70-66(53-31-20-11-21-32-53)72(62)64-57(50-25-14-8-15-26-50)43-56(49-23-12-7-13-24-49)44-58(64)51-27-16-9-17-28-51/h7-38,41-44H,39-40,45-46H2,1-6H3. The van der Waals surface area contributed by atoms with Crippen molar-refractivity contribution in [2.75, 3.05) is 0 Å². The SMILES string of the molecule is Cc1ccc2c(c1)nc(-c1ccccc1)n2-c1c(CC(C)(C)C)cccc1CC(C)(C)CCc1ccc2c(c1)nc(-c1ccccc1)n2-c1c(-c2ccccc2)cc(-c2ccccc2)cc1-c1ccccc1. The molecule has 0 N–H and O–H groups in total. The topological polar surface area (TPSA) is 35.6 Å². The second-order valence-corrected chi connectivity index (χ2v) is 21.6. The Kier molecular flexibility index (Phi) is 12.4. The first kappa shape index (κ1) is 46.3. The summed E-state index contributed by atoms with van der Waals surface area (Å²) in [7, 11) is 0. The summed E-state index contributed by atoms with van der Waals surface area (Å²) in [6, 6.07) is 79.2. The van der Waals surface area contributed by atoms with E-state index in [1.165, 1.54) is 39.1 Å². The number of hydrogen-bond acceptors (Lipinski definition) is 2. The van der Waals surface area contributed by atoms with E-state index in [2.05, 4.69) is 269 Å². The highest BCUT2D eigenvalue weighted by molar-refractivity contribution is 5.95. The van der Waals surface area contributed by atoms with Gasteiger partial charge in [-0.2, -0.15) is 0 Å². The molecule has 9 aromatic carbocycles. The van der Waals surface area contributed by atoms with Crippen molar-refractivity contribution in [3.8, 4) is 67.5 Å². The fourth-order valence-corrected chi connectivity index (χ4v) is 10.7. The number of fused-ring (bicyclic) bond motifs is 2. The van der Waals surface area contributed by atoms with Crippen molar-refractivity contribution < 1.29 is 0 Å². The molecule has 4 nitrogen and oxygen atoms in total. The molecule has 2 aromatic heterocycles. The Morgan fingerprint density at radius 3 is 1.35 bits per heavy atom. The molecule has 0 aliphatic heterocycles. The number of aromatic nitrogens is 4. The molecule has 2 heterocycles. The largest absolute Gasteiger partial charge is 0.292 e. The summed E-state index contributed by atoms with van der Waals surface area (Å²) in [5.74, 6) is 1.91. The molecule has 0 atom stereocenters. The van der Waals surface area contributed by atoms with Gasteiger partial charge in [0.2, 0.25) is 0 Å². The van der Waals surface area contributed by atoms with E-state index >= 15 is 0 Å². The summed E-state index contributed by atoms with van der Waals surface area (Å²) in [6.45, 7) is 14.1. The lowest BCUT2D eigenvalue weighted by molar-refractivity contribution is 0.332. The van der Waals surface area contributed by atoms with Crippen molar-refractivity contribution in [1.29, 1.82) is 0 Å². The van der Waals surface area contributed by atoms with Crippen LogP contribution in [-0.4, -0.2) is 19.1 Å². The van der Waals surface area contributed by atoms with Gasteiger partial charge in [-0.1, -0.05) is 217 Å². The third-order valence-corrected chi connectivity index (χ3v) is 14.1. The number of imidazole rings is 2. The van der Waals surface area contributed by atoms with Crippen molar-refractivity contribution in [3.05, 3.63) is 241 Å². The molecule has 4 heteroatoms. The average molecular weight is 935 g/mol. The molecule has 354 valence electrons. The Balaban J connectivity index is 1.01. The molecule has 0 fully saturated rings. The van der Waals surface area contributed by atoms with E-state index in [1.807, 2.05) is 0 Å². The highest BCUT2D eigenvalue weighted by Gasteiger charge is 2.28. The summed E-state index contributed by atoms with van der Waals surface area (Å²) >= 11 is 0. The third kappa shape index (κ3) is 9.45. The number of hydrogen-bond donors (Lipinski definition) is 0. The van der Waals surface area contributed by atoms with E-state index in [9.17, 15) is 0 Å². The van der Waals surface area contributed by atoms with Crippen molar-refractivity contribution in [1.82, 2.24) is 19.1 Å². The highest BCUT2D eigenvalue weighted by Crippen LogP contribution is 2.44. The van der Waals surface area contributed by atoms with Crippen LogP contribution in [0.3, 0.4) is 0 Å². The van der Waals surface area contributed by atoms with E-state index in [4.69, 9.17) is 9.97 Å². The number of rotatable bonds is 13. The Bertz CT molecular complexity index is 3610. The normalized spacial score (nSPS) is 12.0. The fraction of sp³-hybridized carbons (Fsp3) is 0.176. The van der Waals surface area contributed by atoms with Gasteiger partial charge in [0, 0.05) is 22.3 Å². The summed E-state index contributed by atoms with van der Waals surface area (Å²) in [5.41, 5.74) is 21.0. The predicted octanol–water partition coefficient (Wildman–Crippen LogP) is 17.8. The third-order valence-electron chi connectivity index (χ3n) is 14.1. The smallest absolute Gasteiger partial charge is 0.145 e. The van der Waals surface area contributed by atoms with Gasteiger partial charge in [-0.15, -0.1) is 0 Å². The molecule has 0 spiro atoms. The van der Waals surface area contributed by atoms with Crippen molar-refractivity contribution in [2.24, 2.45) is 10.8 Å². The van der Waals surface area contributed by atoms with E-state index in [0.717, 1.165) is 98.5 Å². The van der Waals surface area contributed by atoms with Crippen LogP contribution in [-0.2, 0) is 19.3 Å². The van der Waals surface area contributed by atoms with Gasteiger partial charge >= 0.3 is 0 Å². The second-order valence-electron chi connectivity index (χ2n) is 21.6. The van der Waals surface area contributed by atoms with Gasteiger partial charge in [-0.05, 0) is 124 Å². The molecule has 0 saturated carbocycles. The number of para-hydroxylation sites is 1. The zero-order valence-corrected chi connectivity index (χ0v) is 42.4. The van der Waals surface area contributed by atoms with Gasteiger partial charge in [0.05, 0.1) is 33.4 Å². The lowest BCUT2D eigenvalue weighted by Crippen LogP contribution is -2.19. The summed E-state index contributed by atoms with van der Waals surface area (Å²) in [6.07, 6.45) is 3.79. The van der Waals surface area contributed by atoms with E-state index < -0.39 is 0 Å². The van der Waals surface area contributed by atoms with Gasteiger partial charge in [0.1, 0.15) is 11.6 Å². The zero-order chi connectivity index (χ0) is 49.4.